The molecule has 0 radical (unpaired) electrons. The van der Waals surface area contributed by atoms with E-state index in [1.165, 1.54) is 17.5 Å². The van der Waals surface area contributed by atoms with Crippen LogP contribution in [0.2, 0.25) is 5.04 Å². The smallest absolute Gasteiger partial charge is 0.305 e. The summed E-state index contributed by atoms with van der Waals surface area (Å²) in [7, 11) is -1.32. The zero-order valence-electron chi connectivity index (χ0n) is 25.9. The van der Waals surface area contributed by atoms with Crippen LogP contribution in [0, 0.1) is 11.8 Å². The van der Waals surface area contributed by atoms with Crippen LogP contribution in [0.25, 0.3) is 0 Å². The summed E-state index contributed by atoms with van der Waals surface area (Å²) in [6.45, 7) is 8.10. The molecule has 2 aliphatic rings. The molecule has 1 unspecified atom stereocenters. The van der Waals surface area contributed by atoms with Gasteiger partial charge in [-0.05, 0) is 59.9 Å². The molecule has 4 rings (SSSR count). The van der Waals surface area contributed by atoms with Gasteiger partial charge in [-0.25, -0.2) is 0 Å². The number of hydrogen-bond acceptors (Lipinski definition) is 6. The fraction of sp³-hybridized carbons (Fsp3) is 0.571. The second kappa shape index (κ2) is 15.4. The minimum atomic E-state index is -2.74. The van der Waals surface area contributed by atoms with Crippen LogP contribution in [-0.2, 0) is 23.4 Å². The number of ether oxygens (including phenoxy) is 3. The average Bonchev–Trinajstić information content (AvgIpc) is 3.29. The summed E-state index contributed by atoms with van der Waals surface area (Å²) < 4.78 is 24.7. The quantitative estimate of drug-likeness (QED) is 0.138. The molecule has 0 spiro atoms. The topological polar surface area (TPSA) is 74.2 Å². The fourth-order valence-electron chi connectivity index (χ4n) is 6.70. The number of esters is 1. The van der Waals surface area contributed by atoms with Gasteiger partial charge in [0, 0.05) is 32.0 Å². The minimum absolute atomic E-state index is 0.00802. The molecular formula is C35H50O6Si. The highest BCUT2D eigenvalue weighted by molar-refractivity contribution is 6.99. The zero-order valence-corrected chi connectivity index (χ0v) is 26.9. The molecule has 7 heteroatoms. The Morgan fingerprint density at radius 2 is 1.67 bits per heavy atom. The molecule has 1 saturated heterocycles. The van der Waals surface area contributed by atoms with Crippen LogP contribution in [-0.4, -0.2) is 58.2 Å². The van der Waals surface area contributed by atoms with Gasteiger partial charge in [-0.1, -0.05) is 93.6 Å². The number of allylic oxidation sites excluding steroid dienone is 2. The maximum Gasteiger partial charge on any atom is 0.305 e. The number of unbranched alkanes of at least 4 members (excludes halogenated alkanes) is 1. The first-order valence-electron chi connectivity index (χ1n) is 15.7. The van der Waals surface area contributed by atoms with Crippen LogP contribution in [0.4, 0.5) is 0 Å². The molecule has 5 atom stereocenters. The monoisotopic (exact) mass is 594 g/mol. The van der Waals surface area contributed by atoms with E-state index in [0.29, 0.717) is 19.4 Å². The highest BCUT2D eigenvalue weighted by Crippen LogP contribution is 2.42. The van der Waals surface area contributed by atoms with Gasteiger partial charge in [-0.3, -0.25) is 4.79 Å². The average molecular weight is 595 g/mol. The number of benzene rings is 2. The third kappa shape index (κ3) is 8.00. The molecule has 2 fully saturated rings. The maximum absolute atomic E-state index is 11.5. The Morgan fingerprint density at radius 3 is 2.24 bits per heavy atom. The minimum Gasteiger partial charge on any atom is -0.469 e. The predicted octanol–water partition coefficient (Wildman–Crippen LogP) is 5.76. The lowest BCUT2D eigenvalue weighted by molar-refractivity contribution is -0.197. The highest BCUT2D eigenvalue weighted by atomic mass is 28.4. The largest absolute Gasteiger partial charge is 0.469 e. The number of aliphatic hydroxyl groups excluding tert-OH is 1. The number of rotatable bonds is 13. The van der Waals surface area contributed by atoms with E-state index in [2.05, 4.69) is 93.6 Å². The standard InChI is InChI=1S/C35H50O6Si/c1-35(2,3)42(27-17-9-7-10-18-27,28-19-11-8-12-20-28)40-26-30-29(21-13-5-6-14-22-33(37)38-4)31(36)25-32(30)41-34-23-15-16-24-39-34/h5,7-13,17-20,29-32,34,36H,6,14-16,21-26H2,1-4H3/b13-5+/t29-,30-,31+,32-,34?/m1/s1. The molecule has 6 nitrogen and oxygen atoms in total. The normalized spacial score (nSPS) is 25.1. The van der Waals surface area contributed by atoms with Crippen molar-refractivity contribution in [2.45, 2.75) is 95.7 Å². The van der Waals surface area contributed by atoms with Crippen LogP contribution in [0.5, 0.6) is 0 Å². The van der Waals surface area contributed by atoms with Gasteiger partial charge in [-0.15, -0.1) is 0 Å². The van der Waals surface area contributed by atoms with Crippen LogP contribution >= 0.6 is 0 Å². The molecule has 42 heavy (non-hydrogen) atoms. The molecule has 1 saturated carbocycles. The van der Waals surface area contributed by atoms with Crippen molar-refractivity contribution in [1.29, 1.82) is 0 Å². The first-order valence-corrected chi connectivity index (χ1v) is 17.6. The van der Waals surface area contributed by atoms with E-state index in [4.69, 9.17) is 18.6 Å². The van der Waals surface area contributed by atoms with Crippen molar-refractivity contribution in [2.75, 3.05) is 20.3 Å². The van der Waals surface area contributed by atoms with E-state index in [-0.39, 0.29) is 35.2 Å². The fourth-order valence-corrected chi connectivity index (χ4v) is 11.3. The first kappa shape index (κ1) is 32.6. The van der Waals surface area contributed by atoms with Crippen molar-refractivity contribution in [3.63, 3.8) is 0 Å². The summed E-state index contributed by atoms with van der Waals surface area (Å²) in [5, 5.41) is 13.7. The van der Waals surface area contributed by atoms with E-state index in [1.54, 1.807) is 0 Å². The number of methoxy groups -OCH3 is 1. The Morgan fingerprint density at radius 1 is 1.00 bits per heavy atom. The van der Waals surface area contributed by atoms with E-state index < -0.39 is 14.4 Å². The van der Waals surface area contributed by atoms with Crippen LogP contribution in [0.3, 0.4) is 0 Å². The highest BCUT2D eigenvalue weighted by Gasteiger charge is 2.52. The molecular weight excluding hydrogens is 544 g/mol. The zero-order chi connectivity index (χ0) is 30.0. The van der Waals surface area contributed by atoms with Crippen LogP contribution < -0.4 is 10.4 Å². The number of aliphatic hydroxyl groups is 1. The van der Waals surface area contributed by atoms with E-state index in [9.17, 15) is 9.90 Å². The second-order valence-electron chi connectivity index (χ2n) is 12.8. The van der Waals surface area contributed by atoms with E-state index in [1.807, 2.05) is 0 Å². The third-order valence-corrected chi connectivity index (χ3v) is 13.9. The summed E-state index contributed by atoms with van der Waals surface area (Å²) in [6, 6.07) is 21.4. The van der Waals surface area contributed by atoms with Crippen molar-refractivity contribution >= 4 is 24.7 Å². The predicted molar refractivity (Wildman–Crippen MR) is 169 cm³/mol. The van der Waals surface area contributed by atoms with Crippen molar-refractivity contribution in [3.05, 3.63) is 72.8 Å². The first-order chi connectivity index (χ1) is 20.3. The lowest BCUT2D eigenvalue weighted by atomic mass is 9.91. The van der Waals surface area contributed by atoms with Crippen LogP contribution in [0.1, 0.15) is 72.1 Å². The molecule has 0 bridgehead atoms. The summed E-state index contributed by atoms with van der Waals surface area (Å²) in [6.07, 6.45) is 9.77. The summed E-state index contributed by atoms with van der Waals surface area (Å²) in [5.74, 6) is -0.152. The summed E-state index contributed by atoms with van der Waals surface area (Å²) in [5.41, 5.74) is 0. The maximum atomic E-state index is 11.5. The van der Waals surface area contributed by atoms with E-state index in [0.717, 1.165) is 45.1 Å². The van der Waals surface area contributed by atoms with Crippen LogP contribution in [0.15, 0.2) is 72.8 Å². The Hall–Kier alpha value is -2.29. The summed E-state index contributed by atoms with van der Waals surface area (Å²) in [4.78, 5) is 11.5. The molecule has 0 aromatic heterocycles. The van der Waals surface area contributed by atoms with Gasteiger partial charge in [0.25, 0.3) is 8.32 Å². The van der Waals surface area contributed by atoms with Crippen molar-refractivity contribution < 1.29 is 28.5 Å². The van der Waals surface area contributed by atoms with Gasteiger partial charge in [-0.2, -0.15) is 0 Å². The Labute approximate surface area is 253 Å². The molecule has 1 heterocycles. The van der Waals surface area contributed by atoms with E-state index >= 15 is 0 Å². The number of hydrogen-bond donors (Lipinski definition) is 1. The lowest BCUT2D eigenvalue weighted by Crippen LogP contribution is -2.67. The lowest BCUT2D eigenvalue weighted by Gasteiger charge is -2.44. The Kier molecular flexibility index (Phi) is 12.0. The third-order valence-electron chi connectivity index (χ3n) is 8.92. The SMILES string of the molecule is COC(=O)CCC/C=C/C[C@@H]1[C@@H](CO[Si](c2ccccc2)(c2ccccc2)C(C)(C)C)[C@H](OC2CCCCO2)C[C@@H]1O. The van der Waals surface area contributed by atoms with Gasteiger partial charge in [0.15, 0.2) is 6.29 Å². The number of carbonyl (C=O) groups is 1. The van der Waals surface area contributed by atoms with Gasteiger partial charge in [0.05, 0.1) is 19.3 Å². The van der Waals surface area contributed by atoms with Gasteiger partial charge < -0.3 is 23.7 Å². The Bertz CT molecular complexity index is 1070. The van der Waals surface area contributed by atoms with Crippen molar-refractivity contribution in [1.82, 2.24) is 0 Å². The summed E-state index contributed by atoms with van der Waals surface area (Å²) >= 11 is 0. The molecule has 2 aromatic rings. The van der Waals surface area contributed by atoms with Gasteiger partial charge in [0.2, 0.25) is 0 Å². The second-order valence-corrected chi connectivity index (χ2v) is 17.1. The van der Waals surface area contributed by atoms with Gasteiger partial charge >= 0.3 is 5.97 Å². The molecule has 0 amide bonds. The molecule has 1 aliphatic carbocycles. The Balaban J connectivity index is 1.59. The van der Waals surface area contributed by atoms with Crippen molar-refractivity contribution in [3.8, 4) is 0 Å². The molecule has 1 aliphatic heterocycles. The van der Waals surface area contributed by atoms with Crippen molar-refractivity contribution in [2.24, 2.45) is 11.8 Å². The molecule has 230 valence electrons. The number of carbonyl (C=O) groups excluding carboxylic acids is 1. The van der Waals surface area contributed by atoms with Gasteiger partial charge in [0.1, 0.15) is 0 Å². The molecule has 2 aromatic carbocycles. The molecule has 1 N–H and O–H groups in total.